The molecule has 0 bridgehead atoms. The number of carbonyl (C=O) groups is 1. The van der Waals surface area contributed by atoms with Crippen LogP contribution in [0.3, 0.4) is 0 Å². The van der Waals surface area contributed by atoms with Crippen molar-refractivity contribution in [3.05, 3.63) is 41.4 Å². The van der Waals surface area contributed by atoms with E-state index in [-0.39, 0.29) is 0 Å². The third-order valence-electron chi connectivity index (χ3n) is 1.83. The normalized spacial score (nSPS) is 10.1. The van der Waals surface area contributed by atoms with Crippen molar-refractivity contribution < 1.29 is 4.79 Å². The first-order chi connectivity index (χ1) is 6.81. The van der Waals surface area contributed by atoms with E-state index in [2.05, 4.69) is 10.2 Å². The molecule has 1 aromatic carbocycles. The second-order valence-corrected chi connectivity index (χ2v) is 3.10. The summed E-state index contributed by atoms with van der Waals surface area (Å²) in [6.07, 6.45) is 3.84. The van der Waals surface area contributed by atoms with Crippen molar-refractivity contribution in [1.82, 2.24) is 14.8 Å². The molecule has 0 saturated heterocycles. The largest absolute Gasteiger partial charge is 0.298 e. The minimum atomic E-state index is 0.422. The van der Waals surface area contributed by atoms with Crippen LogP contribution in [-0.2, 0) is 0 Å². The Kier molecular flexibility index (Phi) is 2.28. The Bertz CT molecular complexity index is 453. The molecule has 0 atom stereocenters. The average Bonchev–Trinajstić information content (AvgIpc) is 2.70. The van der Waals surface area contributed by atoms with Crippen molar-refractivity contribution >= 4 is 17.9 Å². The van der Waals surface area contributed by atoms with E-state index >= 15 is 0 Å². The van der Waals surface area contributed by atoms with Crippen LogP contribution in [0.25, 0.3) is 5.69 Å². The fraction of sp³-hybridized carbons (Fsp3) is 0. The molecule has 4 nitrogen and oxygen atoms in total. The minimum Gasteiger partial charge on any atom is -0.298 e. The number of aromatic nitrogens is 3. The molecule has 14 heavy (non-hydrogen) atoms. The Hall–Kier alpha value is -1.68. The van der Waals surface area contributed by atoms with Crippen LogP contribution in [0, 0.1) is 0 Å². The maximum absolute atomic E-state index is 10.5. The van der Waals surface area contributed by atoms with Crippen molar-refractivity contribution in [3.8, 4) is 5.69 Å². The van der Waals surface area contributed by atoms with Gasteiger partial charge in [-0.3, -0.25) is 9.36 Å². The van der Waals surface area contributed by atoms with Crippen LogP contribution < -0.4 is 0 Å². The number of hydrogen-bond acceptors (Lipinski definition) is 3. The second-order valence-electron chi connectivity index (χ2n) is 2.69. The minimum absolute atomic E-state index is 0.422. The van der Waals surface area contributed by atoms with Gasteiger partial charge in [-0.25, -0.2) is 0 Å². The quantitative estimate of drug-likeness (QED) is 0.705. The predicted molar refractivity (Wildman–Crippen MR) is 51.8 cm³/mol. The number of benzene rings is 1. The van der Waals surface area contributed by atoms with E-state index in [9.17, 15) is 4.79 Å². The van der Waals surface area contributed by atoms with E-state index in [4.69, 9.17) is 11.6 Å². The summed E-state index contributed by atoms with van der Waals surface area (Å²) in [4.78, 5) is 10.5. The summed E-state index contributed by atoms with van der Waals surface area (Å²) in [6.45, 7) is 0. The highest BCUT2D eigenvalue weighted by Crippen LogP contribution is 2.18. The SMILES string of the molecule is O=Cc1ccc(-n2cnnc2)cc1Cl. The van der Waals surface area contributed by atoms with Gasteiger partial charge in [-0.05, 0) is 18.2 Å². The van der Waals surface area contributed by atoms with Gasteiger partial charge < -0.3 is 0 Å². The van der Waals surface area contributed by atoms with Gasteiger partial charge in [-0.2, -0.15) is 0 Å². The summed E-state index contributed by atoms with van der Waals surface area (Å²) in [6, 6.07) is 5.12. The van der Waals surface area contributed by atoms with Crippen LogP contribution >= 0.6 is 11.6 Å². The lowest BCUT2D eigenvalue weighted by Crippen LogP contribution is -1.91. The van der Waals surface area contributed by atoms with Gasteiger partial charge in [0.25, 0.3) is 0 Å². The van der Waals surface area contributed by atoms with Crippen LogP contribution in [0.4, 0.5) is 0 Å². The van der Waals surface area contributed by atoms with E-state index in [1.54, 1.807) is 35.4 Å². The summed E-state index contributed by atoms with van der Waals surface area (Å²) in [7, 11) is 0. The van der Waals surface area contributed by atoms with Crippen LogP contribution in [0.15, 0.2) is 30.9 Å². The van der Waals surface area contributed by atoms with Gasteiger partial charge in [-0.15, -0.1) is 10.2 Å². The Morgan fingerprint density at radius 3 is 2.57 bits per heavy atom. The molecular weight excluding hydrogens is 202 g/mol. The average molecular weight is 208 g/mol. The zero-order chi connectivity index (χ0) is 9.97. The molecule has 0 aliphatic heterocycles. The summed E-state index contributed by atoms with van der Waals surface area (Å²) in [5.74, 6) is 0. The summed E-state index contributed by atoms with van der Waals surface area (Å²) in [5, 5.41) is 7.76. The molecule has 0 aliphatic rings. The Morgan fingerprint density at radius 1 is 1.29 bits per heavy atom. The Morgan fingerprint density at radius 2 is 2.00 bits per heavy atom. The third-order valence-corrected chi connectivity index (χ3v) is 2.16. The van der Waals surface area contributed by atoms with Crippen molar-refractivity contribution in [1.29, 1.82) is 0 Å². The number of halogens is 1. The van der Waals surface area contributed by atoms with E-state index in [0.29, 0.717) is 10.6 Å². The molecule has 5 heteroatoms. The summed E-state index contributed by atoms with van der Waals surface area (Å²) < 4.78 is 1.71. The van der Waals surface area contributed by atoms with Crippen LogP contribution in [0.5, 0.6) is 0 Å². The van der Waals surface area contributed by atoms with Gasteiger partial charge in [-0.1, -0.05) is 11.6 Å². The molecule has 0 radical (unpaired) electrons. The highest BCUT2D eigenvalue weighted by atomic mass is 35.5. The first-order valence-corrected chi connectivity index (χ1v) is 4.29. The van der Waals surface area contributed by atoms with E-state index < -0.39 is 0 Å². The van der Waals surface area contributed by atoms with Gasteiger partial charge in [0, 0.05) is 11.3 Å². The lowest BCUT2D eigenvalue weighted by Gasteiger charge is -2.02. The van der Waals surface area contributed by atoms with Crippen LogP contribution in [-0.4, -0.2) is 21.1 Å². The van der Waals surface area contributed by atoms with Gasteiger partial charge in [0.2, 0.25) is 0 Å². The zero-order valence-corrected chi connectivity index (χ0v) is 7.85. The predicted octanol–water partition coefficient (Wildman–Crippen LogP) is 1.73. The van der Waals surface area contributed by atoms with Crippen LogP contribution in [0.1, 0.15) is 10.4 Å². The maximum atomic E-state index is 10.5. The smallest absolute Gasteiger partial charge is 0.151 e. The van der Waals surface area contributed by atoms with Crippen molar-refractivity contribution in [2.75, 3.05) is 0 Å². The fourth-order valence-corrected chi connectivity index (χ4v) is 1.33. The first kappa shape index (κ1) is 8.90. The highest BCUT2D eigenvalue weighted by Gasteiger charge is 2.01. The van der Waals surface area contributed by atoms with Crippen LogP contribution in [0.2, 0.25) is 5.02 Å². The zero-order valence-electron chi connectivity index (χ0n) is 7.09. The molecule has 0 unspecified atom stereocenters. The van der Waals surface area contributed by atoms with Gasteiger partial charge in [0.1, 0.15) is 12.7 Å². The second kappa shape index (κ2) is 3.59. The fourth-order valence-electron chi connectivity index (χ4n) is 1.11. The molecule has 0 spiro atoms. The lowest BCUT2D eigenvalue weighted by molar-refractivity contribution is 0.112. The summed E-state index contributed by atoms with van der Waals surface area (Å²) >= 11 is 5.86. The molecule has 0 fully saturated rings. The van der Waals surface area contributed by atoms with E-state index in [1.807, 2.05) is 0 Å². The molecule has 0 N–H and O–H groups in total. The number of carbonyl (C=O) groups excluding carboxylic acids is 1. The third kappa shape index (κ3) is 1.52. The molecule has 2 rings (SSSR count). The number of hydrogen-bond donors (Lipinski definition) is 0. The Balaban J connectivity index is 2.48. The number of aldehydes is 1. The lowest BCUT2D eigenvalue weighted by atomic mass is 10.2. The number of rotatable bonds is 2. The Labute approximate surface area is 85.1 Å². The van der Waals surface area contributed by atoms with Crippen molar-refractivity contribution in [2.24, 2.45) is 0 Å². The highest BCUT2D eigenvalue weighted by molar-refractivity contribution is 6.33. The molecule has 2 aromatic rings. The standard InChI is InChI=1S/C9H6ClN3O/c10-9-3-8(2-1-7(9)4-14)13-5-11-12-6-13/h1-6H. The molecule has 1 heterocycles. The monoisotopic (exact) mass is 207 g/mol. The maximum Gasteiger partial charge on any atom is 0.151 e. The van der Waals surface area contributed by atoms with Gasteiger partial charge in [0.15, 0.2) is 6.29 Å². The molecule has 0 aliphatic carbocycles. The molecule has 70 valence electrons. The first-order valence-electron chi connectivity index (χ1n) is 3.91. The van der Waals surface area contributed by atoms with Gasteiger partial charge >= 0.3 is 0 Å². The van der Waals surface area contributed by atoms with Gasteiger partial charge in [0.05, 0.1) is 5.02 Å². The number of nitrogens with zero attached hydrogens (tertiary/aromatic N) is 3. The van der Waals surface area contributed by atoms with E-state index in [0.717, 1.165) is 12.0 Å². The molecule has 0 amide bonds. The molecule has 1 aromatic heterocycles. The molecule has 0 saturated carbocycles. The van der Waals surface area contributed by atoms with Crippen molar-refractivity contribution in [3.63, 3.8) is 0 Å². The summed E-state index contributed by atoms with van der Waals surface area (Å²) in [5.41, 5.74) is 1.30. The molecular formula is C9H6ClN3O. The topological polar surface area (TPSA) is 47.8 Å². The van der Waals surface area contributed by atoms with E-state index in [1.165, 1.54) is 0 Å². The van der Waals surface area contributed by atoms with Crippen molar-refractivity contribution in [2.45, 2.75) is 0 Å².